The van der Waals surface area contributed by atoms with Gasteiger partial charge in [0.2, 0.25) is 11.9 Å². The van der Waals surface area contributed by atoms with E-state index in [-0.39, 0.29) is 120 Å². The average Bonchev–Trinajstić information content (AvgIpc) is 3.55. The van der Waals surface area contributed by atoms with Crippen molar-refractivity contribution in [3.8, 4) is 47.0 Å². The number of ether oxygens (including phenoxy) is 4. The van der Waals surface area contributed by atoms with Gasteiger partial charge in [-0.15, -0.1) is 9.97 Å². The maximum Gasteiger partial charge on any atom is 1.00 e. The molecule has 0 saturated heterocycles. The van der Waals surface area contributed by atoms with E-state index in [1.807, 2.05) is 146 Å². The van der Waals surface area contributed by atoms with Gasteiger partial charge >= 0.3 is 83.2 Å². The van der Waals surface area contributed by atoms with Gasteiger partial charge in [-0.25, -0.2) is 0 Å². The first-order chi connectivity index (χ1) is 38.8. The molecule has 0 unspecified atom stereocenters. The van der Waals surface area contributed by atoms with Gasteiger partial charge in [0.15, 0.2) is 0 Å². The SMILES string of the molecule is O=S(=O)(O)c1cc(Nc2nc(Oc3cccc4ccccc34)nc(Oc3cccc4ccccc34)n2)ccc1C=Cc1ccc(Nc2nc(Oc3cccc4ccccc34)nc(Oc3cccc4ccccc34)n2)cc1S(=O)(=O)O.[H-].[H-].[Na+].[Na+]. The summed E-state index contributed by atoms with van der Waals surface area (Å²) in [6.07, 6.45) is 2.53. The van der Waals surface area contributed by atoms with Crippen molar-refractivity contribution in [2.24, 2.45) is 0 Å². The first kappa shape index (κ1) is 56.9. The summed E-state index contributed by atoms with van der Waals surface area (Å²) in [6.45, 7) is 0. The van der Waals surface area contributed by atoms with Gasteiger partial charge in [0.1, 0.15) is 32.8 Å². The van der Waals surface area contributed by atoms with E-state index in [4.69, 9.17) is 18.9 Å². The molecule has 0 spiro atoms. The monoisotopic (exact) mass is 1140 g/mol. The molecule has 0 aliphatic heterocycles. The van der Waals surface area contributed by atoms with Crippen molar-refractivity contribution in [2.75, 3.05) is 10.6 Å². The van der Waals surface area contributed by atoms with Gasteiger partial charge < -0.3 is 32.4 Å². The van der Waals surface area contributed by atoms with Crippen molar-refractivity contribution in [2.45, 2.75) is 9.79 Å². The largest absolute Gasteiger partial charge is 1.00 e. The Morgan fingerprint density at radius 2 is 0.622 bits per heavy atom. The Bertz CT molecular complexity index is 4180. The van der Waals surface area contributed by atoms with E-state index >= 15 is 0 Å². The zero-order chi connectivity index (χ0) is 54.8. The maximum absolute atomic E-state index is 13.0. The van der Waals surface area contributed by atoms with E-state index in [2.05, 4.69) is 40.5 Å². The Balaban J connectivity index is 0.00000230. The predicted octanol–water partition coefficient (Wildman–Crippen LogP) is 8.22. The molecule has 4 N–H and O–H groups in total. The number of fused-ring (bicyclic) bond motifs is 4. The summed E-state index contributed by atoms with van der Waals surface area (Å²) >= 11 is 0. The van der Waals surface area contributed by atoms with Gasteiger partial charge in [-0.05, 0) is 81.2 Å². The first-order valence-electron chi connectivity index (χ1n) is 24.4. The molecule has 0 aliphatic rings. The number of benzene rings is 10. The summed E-state index contributed by atoms with van der Waals surface area (Å²) < 4.78 is 98.3. The van der Waals surface area contributed by atoms with Crippen LogP contribution in [0.2, 0.25) is 0 Å². The molecular weight excluding hydrogens is 1100 g/mol. The molecular formula is C60H42N8Na2O10S2. The molecule has 0 fully saturated rings. The molecule has 82 heavy (non-hydrogen) atoms. The van der Waals surface area contributed by atoms with Crippen LogP contribution in [0.3, 0.4) is 0 Å². The topological polar surface area (TPSA) is 247 Å². The molecule has 0 bridgehead atoms. The molecule has 10 aromatic carbocycles. The van der Waals surface area contributed by atoms with Crippen molar-refractivity contribution in [3.63, 3.8) is 0 Å². The predicted molar refractivity (Wildman–Crippen MR) is 306 cm³/mol. The van der Waals surface area contributed by atoms with Gasteiger partial charge in [-0.3, -0.25) is 9.11 Å². The minimum Gasteiger partial charge on any atom is -1.00 e. The van der Waals surface area contributed by atoms with Crippen LogP contribution in [-0.4, -0.2) is 55.8 Å². The molecule has 12 rings (SSSR count). The molecule has 396 valence electrons. The fraction of sp³-hybridized carbons (Fsp3) is 0. The van der Waals surface area contributed by atoms with E-state index in [1.54, 1.807) is 24.3 Å². The zero-order valence-corrected chi connectivity index (χ0v) is 49.1. The standard InChI is InChI=1S/C60H40N8O10S2.2Na.2H/c69-79(70,71)53-35-43(61-55-63-57(75-49-25-9-17-37-13-1-5-21-45(37)49)67-58(64-55)76-50-26-10-18-38-14-2-6-22-46(38)50)33-31-41(53)29-30-42-32-34-44(36-54(42)80(72,73)74)62-56-65-59(77-51-27-11-19-39-15-3-7-23-47(39)51)68-60(66-56)78-52-28-12-20-40-16-4-8-24-48(40)52;;;;/h1-36H,(H,69,70,71)(H,72,73,74)(H,61,63,64,67)(H,62,65,66,68);;;;/q;2*+1;2*-1. The van der Waals surface area contributed by atoms with Crippen molar-refractivity contribution < 1.29 is 107 Å². The van der Waals surface area contributed by atoms with Gasteiger partial charge in [0.25, 0.3) is 20.2 Å². The zero-order valence-electron chi connectivity index (χ0n) is 45.4. The van der Waals surface area contributed by atoms with Crippen molar-refractivity contribution in [1.82, 2.24) is 29.9 Å². The van der Waals surface area contributed by atoms with Crippen LogP contribution in [0.1, 0.15) is 14.0 Å². The Morgan fingerprint density at radius 3 is 0.902 bits per heavy atom. The molecule has 0 saturated carbocycles. The van der Waals surface area contributed by atoms with Crippen LogP contribution in [0.5, 0.6) is 47.0 Å². The third-order valence-corrected chi connectivity index (χ3v) is 14.3. The quantitative estimate of drug-likeness (QED) is 0.0404. The molecule has 2 heterocycles. The van der Waals surface area contributed by atoms with Crippen molar-refractivity contribution in [1.29, 1.82) is 0 Å². The van der Waals surface area contributed by atoms with E-state index in [9.17, 15) is 25.9 Å². The number of aromatic nitrogens is 6. The number of nitrogens with one attached hydrogen (secondary N) is 2. The molecule has 18 nitrogen and oxygen atoms in total. The number of hydrogen-bond acceptors (Lipinski definition) is 16. The third kappa shape index (κ3) is 12.9. The fourth-order valence-corrected chi connectivity index (χ4v) is 10.3. The molecule has 22 heteroatoms. The third-order valence-electron chi connectivity index (χ3n) is 12.5. The second-order valence-electron chi connectivity index (χ2n) is 17.8. The van der Waals surface area contributed by atoms with Gasteiger partial charge in [0.05, 0.1) is 0 Å². The summed E-state index contributed by atoms with van der Waals surface area (Å²) in [5, 5.41) is 12.7. The van der Waals surface area contributed by atoms with E-state index in [0.29, 0.717) is 23.0 Å². The van der Waals surface area contributed by atoms with Gasteiger partial charge in [0, 0.05) is 32.9 Å². The molecule has 0 radical (unpaired) electrons. The maximum atomic E-state index is 13.0. The molecule has 0 amide bonds. The Morgan fingerprint density at radius 1 is 0.354 bits per heavy atom. The van der Waals surface area contributed by atoms with E-state index in [1.165, 1.54) is 36.4 Å². The second kappa shape index (κ2) is 24.4. The normalized spacial score (nSPS) is 11.5. The van der Waals surface area contributed by atoms with Crippen molar-refractivity contribution >= 4 is 98.7 Å². The van der Waals surface area contributed by atoms with Gasteiger partial charge in [-0.1, -0.05) is 170 Å². The summed E-state index contributed by atoms with van der Waals surface area (Å²) in [5.41, 5.74) is 0.105. The van der Waals surface area contributed by atoms with Crippen LogP contribution < -0.4 is 88.7 Å². The summed E-state index contributed by atoms with van der Waals surface area (Å²) in [5.74, 6) is 1.56. The Hall–Kier alpha value is -8.38. The average molecular weight is 1150 g/mol. The van der Waals surface area contributed by atoms with Crippen LogP contribution in [-0.2, 0) is 20.2 Å². The number of hydrogen-bond donors (Lipinski definition) is 4. The first-order valence-corrected chi connectivity index (χ1v) is 27.3. The number of nitrogens with zero attached hydrogens (tertiary/aromatic N) is 6. The summed E-state index contributed by atoms with van der Waals surface area (Å²) in [6, 6.07) is 59.8. The molecule has 12 aromatic rings. The van der Waals surface area contributed by atoms with Crippen LogP contribution in [0, 0.1) is 0 Å². The smallest absolute Gasteiger partial charge is 1.00 e. The Labute approximate surface area is 516 Å². The van der Waals surface area contributed by atoms with Crippen LogP contribution in [0.4, 0.5) is 23.3 Å². The number of rotatable bonds is 16. The fourth-order valence-electron chi connectivity index (χ4n) is 8.89. The van der Waals surface area contributed by atoms with Gasteiger partial charge in [-0.2, -0.15) is 36.8 Å². The second-order valence-corrected chi connectivity index (χ2v) is 20.6. The minimum absolute atomic E-state index is 0. The van der Waals surface area contributed by atoms with Crippen LogP contribution in [0.25, 0.3) is 55.2 Å². The van der Waals surface area contributed by atoms with E-state index in [0.717, 1.165) is 55.2 Å². The summed E-state index contributed by atoms with van der Waals surface area (Å²) in [7, 11) is -9.90. The minimum atomic E-state index is -4.95. The number of anilines is 4. The molecule has 2 aromatic heterocycles. The Kier molecular flexibility index (Phi) is 16.9. The summed E-state index contributed by atoms with van der Waals surface area (Å²) in [4.78, 5) is 25.7. The van der Waals surface area contributed by atoms with Crippen molar-refractivity contribution in [3.05, 3.63) is 217 Å². The van der Waals surface area contributed by atoms with E-state index < -0.39 is 30.0 Å². The molecule has 0 atom stereocenters. The molecule has 0 aliphatic carbocycles. The van der Waals surface area contributed by atoms with Crippen LogP contribution in [0.15, 0.2) is 216 Å². The van der Waals surface area contributed by atoms with Crippen LogP contribution >= 0.6 is 0 Å².